The van der Waals surface area contributed by atoms with Crippen molar-refractivity contribution >= 4 is 15.7 Å². The predicted molar refractivity (Wildman–Crippen MR) is 117 cm³/mol. The molecule has 1 saturated heterocycles. The van der Waals surface area contributed by atoms with Gasteiger partial charge in [0.15, 0.2) is 9.84 Å². The Kier molecular flexibility index (Phi) is 7.12. The number of piperazine rings is 1. The van der Waals surface area contributed by atoms with Gasteiger partial charge in [-0.15, -0.1) is 0 Å². The van der Waals surface area contributed by atoms with E-state index < -0.39 is 15.9 Å². The molecular formula is C23H27FN2O4S. The Labute approximate surface area is 182 Å². The third-order valence-electron chi connectivity index (χ3n) is 5.38. The first-order chi connectivity index (χ1) is 14.7. The van der Waals surface area contributed by atoms with Crippen LogP contribution in [0.3, 0.4) is 0 Å². The first-order valence-corrected chi connectivity index (χ1v) is 11.9. The highest BCUT2D eigenvalue weighted by Gasteiger charge is 2.24. The average molecular weight is 447 g/mol. The third kappa shape index (κ3) is 5.92. The SMILES string of the molecule is C=CC(=O)N1CCN(C[C@H](Oc2ccc(S(C)(=O)=O)cc2)c2ccc(C)c(F)c2)CC1. The van der Waals surface area contributed by atoms with Gasteiger partial charge in [0.25, 0.3) is 0 Å². The smallest absolute Gasteiger partial charge is 0.246 e. The molecule has 8 heteroatoms. The topological polar surface area (TPSA) is 66.9 Å². The molecule has 1 fully saturated rings. The van der Waals surface area contributed by atoms with Crippen molar-refractivity contribution in [1.29, 1.82) is 0 Å². The zero-order valence-corrected chi connectivity index (χ0v) is 18.6. The average Bonchev–Trinajstić information content (AvgIpc) is 2.75. The lowest BCUT2D eigenvalue weighted by Gasteiger charge is -2.36. The van der Waals surface area contributed by atoms with Crippen LogP contribution in [-0.2, 0) is 14.6 Å². The molecule has 3 rings (SSSR count). The highest BCUT2D eigenvalue weighted by molar-refractivity contribution is 7.90. The van der Waals surface area contributed by atoms with Gasteiger partial charge >= 0.3 is 0 Å². The molecule has 1 atom stereocenters. The van der Waals surface area contributed by atoms with E-state index in [1.54, 1.807) is 30.0 Å². The van der Waals surface area contributed by atoms with E-state index in [0.29, 0.717) is 49.6 Å². The molecule has 1 aliphatic rings. The van der Waals surface area contributed by atoms with Gasteiger partial charge in [-0.25, -0.2) is 12.8 Å². The first-order valence-electron chi connectivity index (χ1n) is 10.0. The minimum atomic E-state index is -3.30. The summed E-state index contributed by atoms with van der Waals surface area (Å²) in [6, 6.07) is 11.2. The molecule has 1 amide bonds. The standard InChI is InChI=1S/C23H27FN2O4S/c1-4-23(27)26-13-11-25(12-14-26)16-22(18-6-5-17(2)21(24)15-18)30-19-7-9-20(10-8-19)31(3,28)29/h4-10,15,22H,1,11-14,16H2,2-3H3/t22-/m0/s1. The second-order valence-electron chi connectivity index (χ2n) is 7.69. The molecule has 1 aliphatic heterocycles. The van der Waals surface area contributed by atoms with Crippen LogP contribution in [0, 0.1) is 12.7 Å². The summed E-state index contributed by atoms with van der Waals surface area (Å²) >= 11 is 0. The van der Waals surface area contributed by atoms with E-state index in [0.717, 1.165) is 6.26 Å². The minimum Gasteiger partial charge on any atom is -0.484 e. The molecule has 0 aliphatic carbocycles. The molecule has 0 aromatic heterocycles. The maximum atomic E-state index is 14.2. The van der Waals surface area contributed by atoms with Crippen LogP contribution in [0.15, 0.2) is 60.0 Å². The molecule has 1 heterocycles. The molecular weight excluding hydrogens is 419 g/mol. The lowest BCUT2D eigenvalue weighted by Crippen LogP contribution is -2.49. The van der Waals surface area contributed by atoms with Gasteiger partial charge in [-0.05, 0) is 54.5 Å². The van der Waals surface area contributed by atoms with Crippen molar-refractivity contribution in [2.75, 3.05) is 39.0 Å². The number of hydrogen-bond donors (Lipinski definition) is 0. The van der Waals surface area contributed by atoms with E-state index in [4.69, 9.17) is 4.74 Å². The lowest BCUT2D eigenvalue weighted by molar-refractivity contribution is -0.127. The number of ether oxygens (including phenoxy) is 1. The molecule has 6 nitrogen and oxygen atoms in total. The van der Waals surface area contributed by atoms with Gasteiger partial charge < -0.3 is 9.64 Å². The molecule has 0 bridgehead atoms. The second kappa shape index (κ2) is 9.62. The van der Waals surface area contributed by atoms with Crippen molar-refractivity contribution in [3.8, 4) is 5.75 Å². The Morgan fingerprint density at radius 2 is 1.81 bits per heavy atom. The Morgan fingerprint density at radius 1 is 1.16 bits per heavy atom. The van der Waals surface area contributed by atoms with Crippen LogP contribution < -0.4 is 4.74 Å². The molecule has 0 unspecified atom stereocenters. The van der Waals surface area contributed by atoms with Crippen molar-refractivity contribution in [1.82, 2.24) is 9.80 Å². The highest BCUT2D eigenvalue weighted by Crippen LogP contribution is 2.26. The number of halogens is 1. The summed E-state index contributed by atoms with van der Waals surface area (Å²) in [7, 11) is -3.30. The first kappa shape index (κ1) is 23.0. The highest BCUT2D eigenvalue weighted by atomic mass is 32.2. The number of sulfone groups is 1. The van der Waals surface area contributed by atoms with Crippen LogP contribution in [0.5, 0.6) is 5.75 Å². The third-order valence-corrected chi connectivity index (χ3v) is 6.51. The van der Waals surface area contributed by atoms with Crippen molar-refractivity contribution in [2.24, 2.45) is 0 Å². The monoisotopic (exact) mass is 446 g/mol. The second-order valence-corrected chi connectivity index (χ2v) is 9.70. The summed E-state index contributed by atoms with van der Waals surface area (Å²) in [5.74, 6) is 0.109. The van der Waals surface area contributed by atoms with Crippen molar-refractivity contribution in [3.05, 3.63) is 72.1 Å². The molecule has 31 heavy (non-hydrogen) atoms. The van der Waals surface area contributed by atoms with Gasteiger partial charge in [-0.1, -0.05) is 18.7 Å². The maximum Gasteiger partial charge on any atom is 0.246 e. The Balaban J connectivity index is 1.78. The van der Waals surface area contributed by atoms with Crippen LogP contribution >= 0.6 is 0 Å². The minimum absolute atomic E-state index is 0.0842. The van der Waals surface area contributed by atoms with Crippen LogP contribution in [0.4, 0.5) is 4.39 Å². The van der Waals surface area contributed by atoms with Crippen molar-refractivity contribution in [3.63, 3.8) is 0 Å². The molecule has 2 aromatic carbocycles. The van der Waals surface area contributed by atoms with Gasteiger partial charge in [-0.3, -0.25) is 9.69 Å². The summed E-state index contributed by atoms with van der Waals surface area (Å²) in [5.41, 5.74) is 1.25. The van der Waals surface area contributed by atoms with Gasteiger partial charge in [0, 0.05) is 39.0 Å². The summed E-state index contributed by atoms with van der Waals surface area (Å²) in [6.45, 7) is 8.25. The quantitative estimate of drug-likeness (QED) is 0.612. The van der Waals surface area contributed by atoms with Crippen LogP contribution in [0.2, 0.25) is 0 Å². The zero-order valence-electron chi connectivity index (χ0n) is 17.8. The fourth-order valence-corrected chi connectivity index (χ4v) is 4.09. The van der Waals surface area contributed by atoms with Crippen molar-refractivity contribution < 1.29 is 22.3 Å². The number of carbonyl (C=O) groups excluding carboxylic acids is 1. The number of hydrogen-bond acceptors (Lipinski definition) is 5. The van der Waals surface area contributed by atoms with Gasteiger partial charge in [0.1, 0.15) is 17.7 Å². The number of amides is 1. The molecule has 0 saturated carbocycles. The maximum absolute atomic E-state index is 14.2. The summed E-state index contributed by atoms with van der Waals surface area (Å²) in [5, 5.41) is 0. The van der Waals surface area contributed by atoms with E-state index >= 15 is 0 Å². The zero-order chi connectivity index (χ0) is 22.6. The summed E-state index contributed by atoms with van der Waals surface area (Å²) in [6.07, 6.45) is 2.01. The van der Waals surface area contributed by atoms with E-state index in [-0.39, 0.29) is 16.6 Å². The Hall–Kier alpha value is -2.71. The summed E-state index contributed by atoms with van der Waals surface area (Å²) in [4.78, 5) is 15.9. The molecule has 0 radical (unpaired) electrons. The van der Waals surface area contributed by atoms with Crippen molar-refractivity contribution in [2.45, 2.75) is 17.9 Å². The predicted octanol–water partition coefficient (Wildman–Crippen LogP) is 2.99. The number of rotatable bonds is 7. The Bertz CT molecular complexity index is 1050. The molecule has 0 N–H and O–H groups in total. The van der Waals surface area contributed by atoms with Gasteiger partial charge in [-0.2, -0.15) is 0 Å². The number of nitrogens with zero attached hydrogens (tertiary/aromatic N) is 2. The Morgan fingerprint density at radius 3 is 2.35 bits per heavy atom. The fourth-order valence-electron chi connectivity index (χ4n) is 3.46. The van der Waals surface area contributed by atoms with E-state index in [1.807, 2.05) is 6.07 Å². The number of aryl methyl sites for hydroxylation is 1. The van der Waals surface area contributed by atoms with Gasteiger partial charge in [0.05, 0.1) is 4.90 Å². The largest absolute Gasteiger partial charge is 0.484 e. The lowest BCUT2D eigenvalue weighted by atomic mass is 10.1. The van der Waals surface area contributed by atoms with Crippen LogP contribution in [-0.4, -0.2) is 63.1 Å². The molecule has 166 valence electrons. The fraction of sp³-hybridized carbons (Fsp3) is 0.348. The summed E-state index contributed by atoms with van der Waals surface area (Å²) < 4.78 is 43.8. The molecule has 0 spiro atoms. The number of benzene rings is 2. The normalized spacial score (nSPS) is 16.0. The van der Waals surface area contributed by atoms with Crippen LogP contribution in [0.25, 0.3) is 0 Å². The van der Waals surface area contributed by atoms with Crippen LogP contribution in [0.1, 0.15) is 17.2 Å². The van der Waals surface area contributed by atoms with Gasteiger partial charge in [0.2, 0.25) is 5.91 Å². The van der Waals surface area contributed by atoms with E-state index in [2.05, 4.69) is 11.5 Å². The van der Waals surface area contributed by atoms with E-state index in [9.17, 15) is 17.6 Å². The number of carbonyl (C=O) groups is 1. The van der Waals surface area contributed by atoms with E-state index in [1.165, 1.54) is 24.3 Å². The molecule has 2 aromatic rings.